The van der Waals surface area contributed by atoms with Crippen molar-refractivity contribution in [1.29, 1.82) is 0 Å². The van der Waals surface area contributed by atoms with Crippen molar-refractivity contribution >= 4 is 5.91 Å². The van der Waals surface area contributed by atoms with Crippen LogP contribution >= 0.6 is 0 Å². The number of ether oxygens (including phenoxy) is 1. The molecule has 0 aliphatic carbocycles. The van der Waals surface area contributed by atoms with Crippen molar-refractivity contribution < 1.29 is 9.53 Å². The molecular formula is C13H24N2O2. The van der Waals surface area contributed by atoms with Crippen LogP contribution in [0, 0.1) is 5.92 Å². The Morgan fingerprint density at radius 2 is 2.24 bits per heavy atom. The van der Waals surface area contributed by atoms with Gasteiger partial charge >= 0.3 is 0 Å². The molecule has 0 spiro atoms. The van der Waals surface area contributed by atoms with E-state index in [1.807, 2.05) is 4.90 Å². The Morgan fingerprint density at radius 1 is 1.47 bits per heavy atom. The Labute approximate surface area is 104 Å². The number of nitrogens with zero attached hydrogens (tertiary/aromatic N) is 1. The summed E-state index contributed by atoms with van der Waals surface area (Å²) in [5, 5.41) is 3.40. The van der Waals surface area contributed by atoms with Gasteiger partial charge in [-0.25, -0.2) is 0 Å². The molecule has 2 unspecified atom stereocenters. The van der Waals surface area contributed by atoms with Crippen LogP contribution in [0.25, 0.3) is 0 Å². The highest BCUT2D eigenvalue weighted by molar-refractivity contribution is 5.80. The predicted molar refractivity (Wildman–Crippen MR) is 66.8 cm³/mol. The maximum Gasteiger partial charge on any atom is 0.227 e. The molecule has 0 aromatic carbocycles. The van der Waals surface area contributed by atoms with Gasteiger partial charge in [-0.05, 0) is 40.2 Å². The average Bonchev–Trinajstić information content (AvgIpc) is 2.28. The second kappa shape index (κ2) is 4.94. The van der Waals surface area contributed by atoms with Gasteiger partial charge in [0, 0.05) is 12.6 Å². The Morgan fingerprint density at radius 3 is 2.88 bits per heavy atom. The number of rotatable bonds is 1. The number of piperidine rings is 1. The lowest BCUT2D eigenvalue weighted by Gasteiger charge is -2.45. The molecular weight excluding hydrogens is 216 g/mol. The van der Waals surface area contributed by atoms with Gasteiger partial charge in [-0.1, -0.05) is 0 Å². The third kappa shape index (κ3) is 2.63. The summed E-state index contributed by atoms with van der Waals surface area (Å²) in [6.07, 6.45) is 2.12. The first-order valence-corrected chi connectivity index (χ1v) is 6.65. The highest BCUT2D eigenvalue weighted by atomic mass is 16.5. The van der Waals surface area contributed by atoms with Crippen molar-refractivity contribution in [1.82, 2.24) is 10.2 Å². The smallest absolute Gasteiger partial charge is 0.227 e. The monoisotopic (exact) mass is 240 g/mol. The Kier molecular flexibility index (Phi) is 3.73. The summed E-state index contributed by atoms with van der Waals surface area (Å²) in [5.41, 5.74) is -0.160. The van der Waals surface area contributed by atoms with E-state index in [1.54, 1.807) is 0 Å². The molecule has 0 bridgehead atoms. The van der Waals surface area contributed by atoms with Gasteiger partial charge in [-0.15, -0.1) is 0 Å². The van der Waals surface area contributed by atoms with Crippen LogP contribution < -0.4 is 5.32 Å². The minimum Gasteiger partial charge on any atom is -0.377 e. The number of hydrogen-bond donors (Lipinski definition) is 1. The molecule has 0 radical (unpaired) electrons. The molecule has 4 nitrogen and oxygen atoms in total. The summed E-state index contributed by atoms with van der Waals surface area (Å²) in [6, 6.07) is 0.301. The molecule has 4 heteroatoms. The standard InChI is InChI=1S/C13H24N2O2/c1-10-11(5-4-6-14-10)12(16)15-7-8-17-9-13(15,2)3/h10-11,14H,4-9H2,1-3H3. The molecule has 1 amide bonds. The molecule has 1 N–H and O–H groups in total. The molecule has 0 aromatic rings. The normalized spacial score (nSPS) is 33.5. The fourth-order valence-corrected chi connectivity index (χ4v) is 2.85. The lowest BCUT2D eigenvalue weighted by Crippen LogP contribution is -2.59. The lowest BCUT2D eigenvalue weighted by molar-refractivity contribution is -0.152. The van der Waals surface area contributed by atoms with Crippen LogP contribution in [-0.4, -0.2) is 48.7 Å². The van der Waals surface area contributed by atoms with Gasteiger partial charge in [-0.3, -0.25) is 4.79 Å². The van der Waals surface area contributed by atoms with E-state index in [1.165, 1.54) is 0 Å². The number of morpholine rings is 1. The van der Waals surface area contributed by atoms with E-state index in [0.29, 0.717) is 25.2 Å². The van der Waals surface area contributed by atoms with E-state index in [0.717, 1.165) is 25.9 Å². The molecule has 0 aromatic heterocycles. The summed E-state index contributed by atoms with van der Waals surface area (Å²) in [4.78, 5) is 14.6. The van der Waals surface area contributed by atoms with Crippen LogP contribution in [-0.2, 0) is 9.53 Å². The first kappa shape index (κ1) is 12.8. The quantitative estimate of drug-likeness (QED) is 0.744. The number of amides is 1. The Balaban J connectivity index is 2.07. The molecule has 2 fully saturated rings. The van der Waals surface area contributed by atoms with Crippen molar-refractivity contribution in [3.63, 3.8) is 0 Å². The Hall–Kier alpha value is -0.610. The number of carbonyl (C=O) groups excluding carboxylic acids is 1. The lowest BCUT2D eigenvalue weighted by atomic mass is 9.88. The van der Waals surface area contributed by atoms with Crippen LogP contribution in [0.3, 0.4) is 0 Å². The van der Waals surface area contributed by atoms with Crippen LogP contribution in [0.4, 0.5) is 0 Å². The second-order valence-electron chi connectivity index (χ2n) is 5.85. The first-order chi connectivity index (χ1) is 8.02. The topological polar surface area (TPSA) is 41.6 Å². The average molecular weight is 240 g/mol. The largest absolute Gasteiger partial charge is 0.377 e. The van der Waals surface area contributed by atoms with Crippen LogP contribution in [0.5, 0.6) is 0 Å². The second-order valence-corrected chi connectivity index (χ2v) is 5.85. The van der Waals surface area contributed by atoms with Gasteiger partial charge in [0.2, 0.25) is 5.91 Å². The number of nitrogens with one attached hydrogen (secondary N) is 1. The highest BCUT2D eigenvalue weighted by Gasteiger charge is 2.39. The zero-order chi connectivity index (χ0) is 12.5. The van der Waals surface area contributed by atoms with Crippen molar-refractivity contribution in [3.8, 4) is 0 Å². The minimum absolute atomic E-state index is 0.140. The number of carbonyl (C=O) groups is 1. The molecule has 98 valence electrons. The van der Waals surface area contributed by atoms with Crippen molar-refractivity contribution in [3.05, 3.63) is 0 Å². The van der Waals surface area contributed by atoms with Crippen molar-refractivity contribution in [2.45, 2.75) is 45.2 Å². The fraction of sp³-hybridized carbons (Fsp3) is 0.923. The first-order valence-electron chi connectivity index (χ1n) is 6.65. The van der Waals surface area contributed by atoms with E-state index >= 15 is 0 Å². The van der Waals surface area contributed by atoms with Gasteiger partial charge in [0.1, 0.15) is 0 Å². The number of hydrogen-bond acceptors (Lipinski definition) is 3. The summed E-state index contributed by atoms with van der Waals surface area (Å²) in [6.45, 7) is 9.38. The molecule has 2 heterocycles. The maximum atomic E-state index is 12.6. The summed E-state index contributed by atoms with van der Waals surface area (Å²) in [7, 11) is 0. The Bertz CT molecular complexity index is 291. The van der Waals surface area contributed by atoms with E-state index in [-0.39, 0.29) is 11.5 Å². The SMILES string of the molecule is CC1NCCCC1C(=O)N1CCOCC1(C)C. The molecule has 2 saturated heterocycles. The van der Waals surface area contributed by atoms with Gasteiger partial charge in [0.15, 0.2) is 0 Å². The van der Waals surface area contributed by atoms with Gasteiger partial charge in [0.05, 0.1) is 24.7 Å². The van der Waals surface area contributed by atoms with E-state index in [2.05, 4.69) is 26.1 Å². The predicted octanol–water partition coefficient (Wildman–Crippen LogP) is 1.01. The van der Waals surface area contributed by atoms with Crippen LogP contribution in [0.15, 0.2) is 0 Å². The summed E-state index contributed by atoms with van der Waals surface area (Å²) < 4.78 is 5.47. The van der Waals surface area contributed by atoms with Crippen molar-refractivity contribution in [2.75, 3.05) is 26.3 Å². The van der Waals surface area contributed by atoms with E-state index in [4.69, 9.17) is 4.74 Å². The molecule has 0 saturated carbocycles. The van der Waals surface area contributed by atoms with Crippen LogP contribution in [0.1, 0.15) is 33.6 Å². The third-order valence-corrected chi connectivity index (χ3v) is 3.99. The molecule has 2 rings (SSSR count). The molecule has 2 aliphatic rings. The third-order valence-electron chi connectivity index (χ3n) is 3.99. The zero-order valence-electron chi connectivity index (χ0n) is 11.2. The fourth-order valence-electron chi connectivity index (χ4n) is 2.85. The summed E-state index contributed by atoms with van der Waals surface area (Å²) in [5.74, 6) is 0.444. The van der Waals surface area contributed by atoms with E-state index in [9.17, 15) is 4.79 Å². The highest BCUT2D eigenvalue weighted by Crippen LogP contribution is 2.26. The van der Waals surface area contributed by atoms with Gasteiger partial charge in [0.25, 0.3) is 0 Å². The molecule has 2 aliphatic heterocycles. The van der Waals surface area contributed by atoms with E-state index < -0.39 is 0 Å². The van der Waals surface area contributed by atoms with Crippen molar-refractivity contribution in [2.24, 2.45) is 5.92 Å². The summed E-state index contributed by atoms with van der Waals surface area (Å²) >= 11 is 0. The van der Waals surface area contributed by atoms with Gasteiger partial charge < -0.3 is 15.0 Å². The van der Waals surface area contributed by atoms with Gasteiger partial charge in [-0.2, -0.15) is 0 Å². The minimum atomic E-state index is -0.160. The zero-order valence-corrected chi connectivity index (χ0v) is 11.2. The molecule has 2 atom stereocenters. The molecule has 17 heavy (non-hydrogen) atoms. The van der Waals surface area contributed by atoms with Crippen LogP contribution in [0.2, 0.25) is 0 Å². The maximum absolute atomic E-state index is 12.6.